The van der Waals surface area contributed by atoms with Crippen molar-refractivity contribution < 1.29 is 0 Å². The third-order valence-electron chi connectivity index (χ3n) is 2.98. The standard InChI is InChI=1S/C14H17Cl2N/c1-10(4-3-9-17-11-7-8-11)12-5-2-6-13(15)14(12)16/h2,4-6,11,17H,3,7-9H2,1H3. The number of rotatable bonds is 5. The maximum atomic E-state index is 6.17. The van der Waals surface area contributed by atoms with Crippen LogP contribution in [0.3, 0.4) is 0 Å². The van der Waals surface area contributed by atoms with Gasteiger partial charge in [0.15, 0.2) is 0 Å². The summed E-state index contributed by atoms with van der Waals surface area (Å²) in [5.74, 6) is 0. The molecule has 0 amide bonds. The molecule has 0 spiro atoms. The van der Waals surface area contributed by atoms with Gasteiger partial charge in [-0.05, 0) is 49.9 Å². The predicted octanol–water partition coefficient (Wildman–Crippen LogP) is 4.54. The molecular weight excluding hydrogens is 253 g/mol. The second kappa shape index (κ2) is 5.90. The molecule has 3 heteroatoms. The Balaban J connectivity index is 1.94. The summed E-state index contributed by atoms with van der Waals surface area (Å²) in [5.41, 5.74) is 2.22. The first-order valence-corrected chi connectivity index (χ1v) is 6.78. The van der Waals surface area contributed by atoms with Gasteiger partial charge in [-0.25, -0.2) is 0 Å². The lowest BCUT2D eigenvalue weighted by Gasteiger charge is -2.06. The minimum absolute atomic E-state index is 0.619. The molecule has 2 rings (SSSR count). The molecule has 1 fully saturated rings. The van der Waals surface area contributed by atoms with Gasteiger partial charge < -0.3 is 5.32 Å². The predicted molar refractivity (Wildman–Crippen MR) is 75.8 cm³/mol. The van der Waals surface area contributed by atoms with Crippen LogP contribution in [0.5, 0.6) is 0 Å². The SMILES string of the molecule is CC(=CCCNC1CC1)c1cccc(Cl)c1Cl. The molecule has 0 bridgehead atoms. The molecule has 1 nitrogen and oxygen atoms in total. The van der Waals surface area contributed by atoms with Gasteiger partial charge >= 0.3 is 0 Å². The topological polar surface area (TPSA) is 12.0 Å². The molecule has 0 atom stereocenters. The largest absolute Gasteiger partial charge is 0.314 e. The molecule has 1 aromatic carbocycles. The second-order valence-electron chi connectivity index (χ2n) is 4.51. The van der Waals surface area contributed by atoms with Crippen molar-refractivity contribution in [1.82, 2.24) is 5.32 Å². The van der Waals surface area contributed by atoms with Crippen LogP contribution >= 0.6 is 23.2 Å². The van der Waals surface area contributed by atoms with Gasteiger partial charge in [-0.3, -0.25) is 0 Å². The summed E-state index contributed by atoms with van der Waals surface area (Å²) in [6.07, 6.45) is 5.92. The smallest absolute Gasteiger partial charge is 0.0667 e. The number of allylic oxidation sites excluding steroid dienone is 1. The van der Waals surface area contributed by atoms with E-state index in [1.54, 1.807) is 0 Å². The number of halogens is 2. The van der Waals surface area contributed by atoms with Crippen LogP contribution in [0.25, 0.3) is 5.57 Å². The second-order valence-corrected chi connectivity index (χ2v) is 5.29. The van der Waals surface area contributed by atoms with Crippen molar-refractivity contribution in [3.63, 3.8) is 0 Å². The minimum Gasteiger partial charge on any atom is -0.314 e. The van der Waals surface area contributed by atoms with E-state index < -0.39 is 0 Å². The molecule has 1 aliphatic rings. The van der Waals surface area contributed by atoms with Crippen molar-refractivity contribution in [2.24, 2.45) is 0 Å². The van der Waals surface area contributed by atoms with Gasteiger partial charge in [-0.2, -0.15) is 0 Å². The summed E-state index contributed by atoms with van der Waals surface area (Å²) in [7, 11) is 0. The molecule has 0 radical (unpaired) electrons. The molecule has 0 aromatic heterocycles. The fourth-order valence-corrected chi connectivity index (χ4v) is 2.23. The summed E-state index contributed by atoms with van der Waals surface area (Å²) in [5, 5.41) is 4.76. The van der Waals surface area contributed by atoms with E-state index in [-0.39, 0.29) is 0 Å². The Bertz CT molecular complexity index is 422. The summed E-state index contributed by atoms with van der Waals surface area (Å²) >= 11 is 12.2. The van der Waals surface area contributed by atoms with E-state index in [1.165, 1.54) is 18.4 Å². The van der Waals surface area contributed by atoms with E-state index in [0.717, 1.165) is 24.6 Å². The van der Waals surface area contributed by atoms with E-state index >= 15 is 0 Å². The zero-order chi connectivity index (χ0) is 12.3. The average molecular weight is 270 g/mol. The van der Waals surface area contributed by atoms with E-state index in [9.17, 15) is 0 Å². The first kappa shape index (κ1) is 12.9. The van der Waals surface area contributed by atoms with Crippen molar-refractivity contribution in [3.05, 3.63) is 39.9 Å². The fraction of sp³-hybridized carbons (Fsp3) is 0.429. The lowest BCUT2D eigenvalue weighted by atomic mass is 10.1. The highest BCUT2D eigenvalue weighted by Gasteiger charge is 2.19. The summed E-state index contributed by atoms with van der Waals surface area (Å²) in [4.78, 5) is 0. The van der Waals surface area contributed by atoms with Crippen molar-refractivity contribution >= 4 is 28.8 Å². The molecule has 0 heterocycles. The molecule has 1 saturated carbocycles. The molecule has 1 N–H and O–H groups in total. The monoisotopic (exact) mass is 269 g/mol. The Hall–Kier alpha value is -0.500. The van der Waals surface area contributed by atoms with Crippen LogP contribution in [0.15, 0.2) is 24.3 Å². The van der Waals surface area contributed by atoms with E-state index in [4.69, 9.17) is 23.2 Å². The minimum atomic E-state index is 0.619. The van der Waals surface area contributed by atoms with Crippen molar-refractivity contribution in [2.75, 3.05) is 6.54 Å². The Labute approximate surface area is 113 Å². The molecule has 0 saturated heterocycles. The zero-order valence-corrected chi connectivity index (χ0v) is 11.5. The third-order valence-corrected chi connectivity index (χ3v) is 3.80. The van der Waals surface area contributed by atoms with Gasteiger partial charge in [0.05, 0.1) is 10.0 Å². The molecule has 0 unspecified atom stereocenters. The number of benzene rings is 1. The van der Waals surface area contributed by atoms with E-state index in [0.29, 0.717) is 10.0 Å². The lowest BCUT2D eigenvalue weighted by Crippen LogP contribution is -2.16. The van der Waals surface area contributed by atoms with E-state index in [2.05, 4.69) is 18.3 Å². The fourth-order valence-electron chi connectivity index (χ4n) is 1.78. The van der Waals surface area contributed by atoms with Crippen molar-refractivity contribution in [1.29, 1.82) is 0 Å². The Kier molecular flexibility index (Phi) is 4.49. The lowest BCUT2D eigenvalue weighted by molar-refractivity contribution is 0.690. The zero-order valence-electron chi connectivity index (χ0n) is 9.97. The third kappa shape index (κ3) is 3.74. The molecule has 92 valence electrons. The summed E-state index contributed by atoms with van der Waals surface area (Å²) in [6.45, 7) is 3.12. The number of hydrogen-bond acceptors (Lipinski definition) is 1. The number of hydrogen-bond donors (Lipinski definition) is 1. The van der Waals surface area contributed by atoms with Crippen molar-refractivity contribution in [2.45, 2.75) is 32.2 Å². The van der Waals surface area contributed by atoms with Crippen LogP contribution < -0.4 is 5.32 Å². The summed E-state index contributed by atoms with van der Waals surface area (Å²) < 4.78 is 0. The van der Waals surface area contributed by atoms with Crippen LogP contribution in [-0.2, 0) is 0 Å². The average Bonchev–Trinajstić information content (AvgIpc) is 3.12. The molecule has 17 heavy (non-hydrogen) atoms. The first-order chi connectivity index (χ1) is 8.18. The Morgan fingerprint density at radius 3 is 2.88 bits per heavy atom. The Morgan fingerprint density at radius 2 is 2.18 bits per heavy atom. The molecule has 0 aliphatic heterocycles. The maximum Gasteiger partial charge on any atom is 0.0667 e. The van der Waals surface area contributed by atoms with E-state index in [1.807, 2.05) is 18.2 Å². The Morgan fingerprint density at radius 1 is 1.41 bits per heavy atom. The molecular formula is C14H17Cl2N. The highest BCUT2D eigenvalue weighted by Crippen LogP contribution is 2.30. The van der Waals surface area contributed by atoms with Gasteiger partial charge in [0.25, 0.3) is 0 Å². The van der Waals surface area contributed by atoms with Crippen LogP contribution in [0.4, 0.5) is 0 Å². The molecule has 1 aliphatic carbocycles. The van der Waals surface area contributed by atoms with Crippen LogP contribution in [0.1, 0.15) is 31.7 Å². The van der Waals surface area contributed by atoms with Gasteiger partial charge in [-0.15, -0.1) is 0 Å². The van der Waals surface area contributed by atoms with Crippen molar-refractivity contribution in [3.8, 4) is 0 Å². The summed E-state index contributed by atoms with van der Waals surface area (Å²) in [6, 6.07) is 6.53. The van der Waals surface area contributed by atoms with Crippen LogP contribution in [0.2, 0.25) is 10.0 Å². The quantitative estimate of drug-likeness (QED) is 0.774. The number of nitrogens with one attached hydrogen (secondary N) is 1. The maximum absolute atomic E-state index is 6.17. The first-order valence-electron chi connectivity index (χ1n) is 6.03. The molecule has 1 aromatic rings. The van der Waals surface area contributed by atoms with Gasteiger partial charge in [-0.1, -0.05) is 41.4 Å². The normalized spacial score (nSPS) is 16.3. The highest BCUT2D eigenvalue weighted by atomic mass is 35.5. The van der Waals surface area contributed by atoms with Gasteiger partial charge in [0.2, 0.25) is 0 Å². The van der Waals surface area contributed by atoms with Gasteiger partial charge in [0.1, 0.15) is 0 Å². The highest BCUT2D eigenvalue weighted by molar-refractivity contribution is 6.43. The van der Waals surface area contributed by atoms with Crippen LogP contribution in [-0.4, -0.2) is 12.6 Å². The van der Waals surface area contributed by atoms with Gasteiger partial charge in [0, 0.05) is 6.04 Å². The van der Waals surface area contributed by atoms with Crippen LogP contribution in [0, 0.1) is 0 Å².